The molecule has 1 aliphatic rings. The second-order valence-corrected chi connectivity index (χ2v) is 7.01. The Morgan fingerprint density at radius 2 is 1.90 bits per heavy atom. The van der Waals surface area contributed by atoms with Crippen molar-refractivity contribution in [2.75, 3.05) is 38.0 Å². The fourth-order valence-electron chi connectivity index (χ4n) is 3.31. The van der Waals surface area contributed by atoms with Gasteiger partial charge in [-0.25, -0.2) is 9.37 Å². The van der Waals surface area contributed by atoms with E-state index in [-0.39, 0.29) is 18.4 Å². The third-order valence-electron chi connectivity index (χ3n) is 4.84. The summed E-state index contributed by atoms with van der Waals surface area (Å²) in [4.78, 5) is 32.6. The average Bonchev–Trinajstić information content (AvgIpc) is 3.15. The highest BCUT2D eigenvalue weighted by Crippen LogP contribution is 2.16. The van der Waals surface area contributed by atoms with Crippen LogP contribution in [0.2, 0.25) is 0 Å². The lowest BCUT2D eigenvalue weighted by Crippen LogP contribution is -2.50. The molecule has 1 aliphatic heterocycles. The predicted octanol–water partition coefficient (Wildman–Crippen LogP) is 2.76. The number of amides is 2. The number of piperazine rings is 1. The molecule has 8 heteroatoms. The van der Waals surface area contributed by atoms with E-state index >= 15 is 0 Å². The molecule has 30 heavy (non-hydrogen) atoms. The standard InChI is InChI=1S/C22H21FN4O3/c23-16-4-3-5-17(14-16)24-20(28)15-26-10-12-27(13-11-26)22(29)9-8-21-25-18-6-1-2-7-19(18)30-21/h1-9,14H,10-13,15H2,(H,24,28). The normalized spacial score (nSPS) is 15.0. The van der Waals surface area contributed by atoms with E-state index in [1.165, 1.54) is 18.2 Å². The zero-order valence-corrected chi connectivity index (χ0v) is 16.3. The molecule has 0 unspecified atom stereocenters. The molecular weight excluding hydrogens is 387 g/mol. The van der Waals surface area contributed by atoms with Crippen LogP contribution in [-0.4, -0.2) is 59.3 Å². The minimum atomic E-state index is -0.397. The van der Waals surface area contributed by atoms with Crippen molar-refractivity contribution in [1.82, 2.24) is 14.8 Å². The van der Waals surface area contributed by atoms with Gasteiger partial charge < -0.3 is 14.6 Å². The summed E-state index contributed by atoms with van der Waals surface area (Å²) >= 11 is 0. The summed E-state index contributed by atoms with van der Waals surface area (Å²) in [6.07, 6.45) is 3.03. The van der Waals surface area contributed by atoms with Crippen LogP contribution in [0, 0.1) is 5.82 Å². The van der Waals surface area contributed by atoms with Gasteiger partial charge in [0.25, 0.3) is 0 Å². The Morgan fingerprint density at radius 3 is 2.67 bits per heavy atom. The minimum absolute atomic E-state index is 0.124. The fraction of sp³-hybridized carbons (Fsp3) is 0.227. The summed E-state index contributed by atoms with van der Waals surface area (Å²) < 4.78 is 18.8. The maximum absolute atomic E-state index is 13.2. The van der Waals surface area contributed by atoms with Crippen LogP contribution >= 0.6 is 0 Å². The van der Waals surface area contributed by atoms with Crippen LogP contribution in [-0.2, 0) is 9.59 Å². The van der Waals surface area contributed by atoms with Gasteiger partial charge >= 0.3 is 0 Å². The van der Waals surface area contributed by atoms with Gasteiger partial charge in [0.15, 0.2) is 5.58 Å². The number of hydrogen-bond acceptors (Lipinski definition) is 5. The van der Waals surface area contributed by atoms with Gasteiger partial charge in [-0.1, -0.05) is 18.2 Å². The summed E-state index contributed by atoms with van der Waals surface area (Å²) in [7, 11) is 0. The lowest BCUT2D eigenvalue weighted by atomic mass is 10.2. The summed E-state index contributed by atoms with van der Waals surface area (Å²) in [6.45, 7) is 2.39. The van der Waals surface area contributed by atoms with Gasteiger partial charge in [0.05, 0.1) is 6.54 Å². The number of oxazole rings is 1. The summed E-state index contributed by atoms with van der Waals surface area (Å²) in [5.74, 6) is -0.347. The largest absolute Gasteiger partial charge is 0.437 e. The summed E-state index contributed by atoms with van der Waals surface area (Å²) in [5, 5.41) is 2.68. The lowest BCUT2D eigenvalue weighted by Gasteiger charge is -2.33. The summed E-state index contributed by atoms with van der Waals surface area (Å²) in [6, 6.07) is 13.2. The van der Waals surface area contributed by atoms with Crippen molar-refractivity contribution in [3.05, 3.63) is 66.3 Å². The van der Waals surface area contributed by atoms with Gasteiger partial charge in [0.1, 0.15) is 11.3 Å². The minimum Gasteiger partial charge on any atom is -0.437 e. The highest BCUT2D eigenvalue weighted by atomic mass is 19.1. The molecule has 0 spiro atoms. The number of carbonyl (C=O) groups is 2. The van der Waals surface area contributed by atoms with Gasteiger partial charge in [0.2, 0.25) is 17.7 Å². The van der Waals surface area contributed by atoms with Crippen LogP contribution in [0.1, 0.15) is 5.89 Å². The molecule has 2 amide bonds. The molecular formula is C22H21FN4O3. The molecule has 4 rings (SSSR count). The highest BCUT2D eigenvalue weighted by molar-refractivity contribution is 5.93. The van der Waals surface area contributed by atoms with Crippen LogP contribution in [0.15, 0.2) is 59.0 Å². The van der Waals surface area contributed by atoms with Crippen LogP contribution in [0.25, 0.3) is 17.2 Å². The number of anilines is 1. The number of hydrogen-bond donors (Lipinski definition) is 1. The van der Waals surface area contributed by atoms with E-state index in [2.05, 4.69) is 10.3 Å². The zero-order chi connectivity index (χ0) is 20.9. The Hall–Kier alpha value is -3.52. The average molecular weight is 408 g/mol. The molecule has 0 bridgehead atoms. The molecule has 3 aromatic rings. The zero-order valence-electron chi connectivity index (χ0n) is 16.3. The van der Waals surface area contributed by atoms with Crippen molar-refractivity contribution < 1.29 is 18.4 Å². The van der Waals surface area contributed by atoms with Gasteiger partial charge in [-0.05, 0) is 30.3 Å². The molecule has 154 valence electrons. The fourth-order valence-corrected chi connectivity index (χ4v) is 3.31. The number of carbonyl (C=O) groups excluding carboxylic acids is 2. The van der Waals surface area contributed by atoms with Crippen molar-refractivity contribution in [3.8, 4) is 0 Å². The molecule has 2 aromatic carbocycles. The van der Waals surface area contributed by atoms with Crippen LogP contribution in [0.3, 0.4) is 0 Å². The van der Waals surface area contributed by atoms with Crippen molar-refractivity contribution in [2.45, 2.75) is 0 Å². The molecule has 0 atom stereocenters. The second-order valence-electron chi connectivity index (χ2n) is 7.01. The number of nitrogens with one attached hydrogen (secondary N) is 1. The van der Waals surface area contributed by atoms with E-state index in [0.29, 0.717) is 43.3 Å². The first-order chi connectivity index (χ1) is 14.6. The highest BCUT2D eigenvalue weighted by Gasteiger charge is 2.21. The number of rotatable bonds is 5. The molecule has 1 saturated heterocycles. The maximum Gasteiger partial charge on any atom is 0.246 e. The third-order valence-corrected chi connectivity index (χ3v) is 4.84. The molecule has 0 aliphatic carbocycles. The second kappa shape index (κ2) is 8.87. The van der Waals surface area contributed by atoms with Crippen molar-refractivity contribution in [3.63, 3.8) is 0 Å². The molecule has 0 saturated carbocycles. The molecule has 1 fully saturated rings. The molecule has 0 radical (unpaired) electrons. The number of nitrogens with zero attached hydrogens (tertiary/aromatic N) is 3. The Kier molecular flexibility index (Phi) is 5.85. The first-order valence-corrected chi connectivity index (χ1v) is 9.67. The van der Waals surface area contributed by atoms with E-state index in [4.69, 9.17) is 4.42 Å². The monoisotopic (exact) mass is 408 g/mol. The van der Waals surface area contributed by atoms with Crippen LogP contribution < -0.4 is 5.32 Å². The van der Waals surface area contributed by atoms with E-state index in [0.717, 1.165) is 5.52 Å². The van der Waals surface area contributed by atoms with E-state index in [9.17, 15) is 14.0 Å². The topological polar surface area (TPSA) is 78.7 Å². The lowest BCUT2D eigenvalue weighted by molar-refractivity contribution is -0.127. The van der Waals surface area contributed by atoms with Crippen molar-refractivity contribution in [2.24, 2.45) is 0 Å². The molecule has 1 N–H and O–H groups in total. The van der Waals surface area contributed by atoms with Crippen molar-refractivity contribution >= 4 is 34.7 Å². The van der Waals surface area contributed by atoms with Gasteiger partial charge in [0, 0.05) is 44.0 Å². The SMILES string of the molecule is O=C(CN1CCN(C(=O)C=Cc2nc3ccccc3o2)CC1)Nc1cccc(F)c1. The summed E-state index contributed by atoms with van der Waals surface area (Å²) in [5.41, 5.74) is 1.85. The van der Waals surface area contributed by atoms with Gasteiger partial charge in [-0.15, -0.1) is 0 Å². The Labute approximate surface area is 172 Å². The first kappa shape index (κ1) is 19.8. The van der Waals surface area contributed by atoms with E-state index in [1.54, 1.807) is 23.1 Å². The maximum atomic E-state index is 13.2. The Bertz CT molecular complexity index is 1050. The van der Waals surface area contributed by atoms with Gasteiger partial charge in [-0.3, -0.25) is 14.5 Å². The van der Waals surface area contributed by atoms with Crippen molar-refractivity contribution in [1.29, 1.82) is 0 Å². The van der Waals surface area contributed by atoms with Crippen LogP contribution in [0.4, 0.5) is 10.1 Å². The third kappa shape index (κ3) is 4.90. The smallest absolute Gasteiger partial charge is 0.246 e. The number of para-hydroxylation sites is 2. The van der Waals surface area contributed by atoms with E-state index in [1.807, 2.05) is 29.2 Å². The first-order valence-electron chi connectivity index (χ1n) is 9.67. The molecule has 1 aromatic heterocycles. The quantitative estimate of drug-likeness (QED) is 0.657. The molecule has 7 nitrogen and oxygen atoms in total. The van der Waals surface area contributed by atoms with Gasteiger partial charge in [-0.2, -0.15) is 0 Å². The Balaban J connectivity index is 1.25. The number of halogens is 1. The Morgan fingerprint density at radius 1 is 1.10 bits per heavy atom. The number of fused-ring (bicyclic) bond motifs is 1. The van der Waals surface area contributed by atoms with Crippen LogP contribution in [0.5, 0.6) is 0 Å². The number of benzene rings is 2. The van der Waals surface area contributed by atoms with E-state index < -0.39 is 5.82 Å². The molecule has 2 heterocycles. The predicted molar refractivity (Wildman–Crippen MR) is 111 cm³/mol. The number of aromatic nitrogens is 1.